The molecule has 0 bridgehead atoms. The van der Waals surface area contributed by atoms with Crippen molar-refractivity contribution in [3.05, 3.63) is 65.2 Å². The van der Waals surface area contributed by atoms with Gasteiger partial charge in [0.1, 0.15) is 12.4 Å². The summed E-state index contributed by atoms with van der Waals surface area (Å²) in [5, 5.41) is 0. The lowest BCUT2D eigenvalue weighted by molar-refractivity contribution is -0.138. The fourth-order valence-electron chi connectivity index (χ4n) is 4.23. The molecule has 0 saturated carbocycles. The van der Waals surface area contributed by atoms with Crippen LogP contribution in [0.5, 0.6) is 5.75 Å². The first-order chi connectivity index (χ1) is 16.1. The molecule has 5 nitrogen and oxygen atoms in total. The van der Waals surface area contributed by atoms with E-state index in [9.17, 15) is 22.8 Å². The Kier molecular flexibility index (Phi) is 8.23. The van der Waals surface area contributed by atoms with E-state index in [1.165, 1.54) is 23.1 Å². The van der Waals surface area contributed by atoms with Crippen molar-refractivity contribution in [2.24, 2.45) is 5.92 Å². The number of carbonyl (C=O) groups excluding carboxylic acids is 2. The number of halogens is 3. The van der Waals surface area contributed by atoms with Crippen LogP contribution in [0.4, 0.5) is 13.2 Å². The van der Waals surface area contributed by atoms with Gasteiger partial charge in [-0.2, -0.15) is 13.2 Å². The molecule has 1 heterocycles. The molecule has 1 aliphatic heterocycles. The van der Waals surface area contributed by atoms with Crippen LogP contribution in [0.25, 0.3) is 0 Å². The highest BCUT2D eigenvalue weighted by Crippen LogP contribution is 2.33. The van der Waals surface area contributed by atoms with Crippen LogP contribution in [-0.2, 0) is 6.18 Å². The van der Waals surface area contributed by atoms with Gasteiger partial charge in [0.15, 0.2) is 0 Å². The van der Waals surface area contributed by atoms with Crippen LogP contribution in [0.3, 0.4) is 0 Å². The number of ether oxygens (including phenoxy) is 1. The molecule has 0 spiro atoms. The maximum Gasteiger partial charge on any atom is 0.417 e. The van der Waals surface area contributed by atoms with E-state index in [0.29, 0.717) is 37.2 Å². The number of benzene rings is 2. The first-order valence-corrected chi connectivity index (χ1v) is 11.6. The van der Waals surface area contributed by atoms with Crippen molar-refractivity contribution in [2.45, 2.75) is 45.8 Å². The lowest BCUT2D eigenvalue weighted by Crippen LogP contribution is -2.48. The summed E-state index contributed by atoms with van der Waals surface area (Å²) in [5.74, 6) is -0.462. The number of amides is 2. The Morgan fingerprint density at radius 2 is 1.71 bits per heavy atom. The Labute approximate surface area is 198 Å². The van der Waals surface area contributed by atoms with E-state index in [0.717, 1.165) is 6.07 Å². The molecule has 0 radical (unpaired) electrons. The molecule has 184 valence electrons. The number of fused-ring (bicyclic) bond motifs is 1. The van der Waals surface area contributed by atoms with E-state index in [2.05, 4.69) is 0 Å². The molecule has 2 amide bonds. The van der Waals surface area contributed by atoms with Crippen LogP contribution in [-0.4, -0.2) is 53.9 Å². The van der Waals surface area contributed by atoms with Gasteiger partial charge in [-0.15, -0.1) is 0 Å². The molecule has 8 heteroatoms. The van der Waals surface area contributed by atoms with Crippen molar-refractivity contribution in [2.75, 3.05) is 26.2 Å². The molecule has 3 rings (SSSR count). The minimum Gasteiger partial charge on any atom is -0.491 e. The lowest BCUT2D eigenvalue weighted by Gasteiger charge is -2.36. The monoisotopic (exact) mass is 476 g/mol. The summed E-state index contributed by atoms with van der Waals surface area (Å²) in [6, 6.07) is 11.4. The van der Waals surface area contributed by atoms with Gasteiger partial charge in [-0.25, -0.2) is 0 Å². The number of alkyl halides is 3. The molecule has 0 unspecified atom stereocenters. The first-order valence-electron chi connectivity index (χ1n) is 11.6. The molecule has 1 aliphatic rings. The Balaban J connectivity index is 2.00. The zero-order chi connectivity index (χ0) is 24.9. The Morgan fingerprint density at radius 3 is 2.38 bits per heavy atom. The third-order valence-corrected chi connectivity index (χ3v) is 6.17. The number of hydrogen-bond donors (Lipinski definition) is 0. The summed E-state index contributed by atoms with van der Waals surface area (Å²) in [6.45, 7) is 7.04. The zero-order valence-corrected chi connectivity index (χ0v) is 19.8. The van der Waals surface area contributed by atoms with Crippen molar-refractivity contribution in [1.29, 1.82) is 0 Å². The molecule has 0 fully saturated rings. The van der Waals surface area contributed by atoms with Gasteiger partial charge in [-0.05, 0) is 49.9 Å². The second-order valence-electron chi connectivity index (χ2n) is 8.75. The fourth-order valence-corrected chi connectivity index (χ4v) is 4.23. The maximum absolute atomic E-state index is 13.6. The van der Waals surface area contributed by atoms with Gasteiger partial charge in [-0.3, -0.25) is 9.59 Å². The molecular formula is C26H31F3N2O3. The summed E-state index contributed by atoms with van der Waals surface area (Å²) in [5.41, 5.74) is -0.867. The number of para-hydroxylation sites is 1. The van der Waals surface area contributed by atoms with Crippen LogP contribution in [0.1, 0.15) is 59.9 Å². The van der Waals surface area contributed by atoms with E-state index in [1.54, 1.807) is 29.2 Å². The molecule has 34 heavy (non-hydrogen) atoms. The first kappa shape index (κ1) is 25.6. The topological polar surface area (TPSA) is 49.9 Å². The van der Waals surface area contributed by atoms with Crippen molar-refractivity contribution < 1.29 is 27.5 Å². The smallest absolute Gasteiger partial charge is 0.417 e. The average Bonchev–Trinajstić information content (AvgIpc) is 2.81. The summed E-state index contributed by atoms with van der Waals surface area (Å²) < 4.78 is 47.0. The summed E-state index contributed by atoms with van der Waals surface area (Å²) >= 11 is 0. The molecular weight excluding hydrogens is 445 g/mol. The second-order valence-corrected chi connectivity index (χ2v) is 8.75. The van der Waals surface area contributed by atoms with Crippen molar-refractivity contribution in [3.8, 4) is 5.75 Å². The Bertz CT molecular complexity index is 1010. The summed E-state index contributed by atoms with van der Waals surface area (Å²) in [4.78, 5) is 29.8. The highest BCUT2D eigenvalue weighted by atomic mass is 19.4. The third-order valence-electron chi connectivity index (χ3n) is 6.17. The highest BCUT2D eigenvalue weighted by Gasteiger charge is 2.37. The SMILES string of the molecule is CCN1CCCCN(C(=O)c2ccccc2C(F)(F)F)[C@@H](C(C)C)COc2ccccc2C1=O. The number of rotatable bonds is 3. The van der Waals surface area contributed by atoms with Crippen LogP contribution in [0.2, 0.25) is 0 Å². The van der Waals surface area contributed by atoms with Crippen LogP contribution < -0.4 is 4.74 Å². The molecule has 0 saturated heterocycles. The predicted molar refractivity (Wildman–Crippen MR) is 124 cm³/mol. The van der Waals surface area contributed by atoms with Gasteiger partial charge in [0.05, 0.1) is 22.7 Å². The van der Waals surface area contributed by atoms with E-state index >= 15 is 0 Å². The lowest BCUT2D eigenvalue weighted by atomic mass is 9.99. The average molecular weight is 477 g/mol. The minimum absolute atomic E-state index is 0.0635. The van der Waals surface area contributed by atoms with E-state index in [1.807, 2.05) is 20.8 Å². The van der Waals surface area contributed by atoms with E-state index < -0.39 is 23.7 Å². The van der Waals surface area contributed by atoms with E-state index in [-0.39, 0.29) is 30.5 Å². The summed E-state index contributed by atoms with van der Waals surface area (Å²) in [6.07, 6.45) is -3.46. The van der Waals surface area contributed by atoms with Crippen LogP contribution in [0, 0.1) is 5.92 Å². The van der Waals surface area contributed by atoms with Crippen molar-refractivity contribution in [1.82, 2.24) is 9.80 Å². The van der Waals surface area contributed by atoms with Gasteiger partial charge in [-0.1, -0.05) is 38.1 Å². The van der Waals surface area contributed by atoms with Gasteiger partial charge in [0.25, 0.3) is 11.8 Å². The van der Waals surface area contributed by atoms with Crippen molar-refractivity contribution >= 4 is 11.8 Å². The molecule has 0 aliphatic carbocycles. The highest BCUT2D eigenvalue weighted by molar-refractivity contribution is 5.97. The molecule has 2 aromatic rings. The molecule has 1 atom stereocenters. The molecule has 0 N–H and O–H groups in total. The number of carbonyl (C=O) groups is 2. The fraction of sp³-hybridized carbons (Fsp3) is 0.462. The number of nitrogens with zero attached hydrogens (tertiary/aromatic N) is 2. The van der Waals surface area contributed by atoms with E-state index in [4.69, 9.17) is 4.74 Å². The van der Waals surface area contributed by atoms with Crippen molar-refractivity contribution in [3.63, 3.8) is 0 Å². The largest absolute Gasteiger partial charge is 0.491 e. The third kappa shape index (κ3) is 5.72. The zero-order valence-electron chi connectivity index (χ0n) is 19.8. The Hall–Kier alpha value is -3.03. The quantitative estimate of drug-likeness (QED) is 0.587. The maximum atomic E-state index is 13.6. The van der Waals surface area contributed by atoms with Crippen LogP contribution >= 0.6 is 0 Å². The molecule has 0 aromatic heterocycles. The van der Waals surface area contributed by atoms with Gasteiger partial charge in [0, 0.05) is 19.6 Å². The number of hydrogen-bond acceptors (Lipinski definition) is 3. The predicted octanol–water partition coefficient (Wildman–Crippen LogP) is 5.51. The second kappa shape index (κ2) is 10.9. The molecule has 2 aromatic carbocycles. The van der Waals surface area contributed by atoms with Gasteiger partial charge < -0.3 is 14.5 Å². The van der Waals surface area contributed by atoms with Gasteiger partial charge >= 0.3 is 6.18 Å². The minimum atomic E-state index is -4.64. The Morgan fingerprint density at radius 1 is 1.06 bits per heavy atom. The van der Waals surface area contributed by atoms with Gasteiger partial charge in [0.2, 0.25) is 0 Å². The summed E-state index contributed by atoms with van der Waals surface area (Å²) in [7, 11) is 0. The standard InChI is InChI=1S/C26H31F3N2O3/c1-4-30-15-9-10-16-31(25(33)19-11-5-7-13-21(19)26(27,28)29)22(18(2)3)17-34-23-14-8-6-12-20(23)24(30)32/h5-8,11-14,18,22H,4,9-10,15-17H2,1-3H3/t22-/m1/s1. The van der Waals surface area contributed by atoms with Crippen LogP contribution in [0.15, 0.2) is 48.5 Å². The normalized spacial score (nSPS) is 18.1.